The number of aromatic nitrogens is 7. The second kappa shape index (κ2) is 8.65. The molecule has 6 aromatic rings. The topological polar surface area (TPSA) is 97.6 Å². The maximum absolute atomic E-state index is 9.35. The molecule has 6 rings (SSSR count). The van der Waals surface area contributed by atoms with Crippen molar-refractivity contribution in [1.82, 2.24) is 34.6 Å². The molecule has 0 aliphatic carbocycles. The Labute approximate surface area is 200 Å². The molecule has 0 N–H and O–H groups in total. The van der Waals surface area contributed by atoms with Crippen LogP contribution in [0.4, 0.5) is 0 Å². The van der Waals surface area contributed by atoms with Crippen molar-refractivity contribution in [3.63, 3.8) is 0 Å². The van der Waals surface area contributed by atoms with Crippen molar-refractivity contribution < 1.29 is 0 Å². The zero-order valence-corrected chi connectivity index (χ0v) is 18.5. The fraction of sp³-hybridized carbons (Fsp3) is 0.0370. The van der Waals surface area contributed by atoms with E-state index >= 15 is 0 Å². The van der Waals surface area contributed by atoms with Crippen LogP contribution in [0.1, 0.15) is 5.82 Å². The second-order valence-electron chi connectivity index (χ2n) is 7.87. The van der Waals surface area contributed by atoms with Crippen LogP contribution in [-0.2, 0) is 6.42 Å². The Morgan fingerprint density at radius 1 is 0.657 bits per heavy atom. The largest absolute Gasteiger partial charge is 0.270 e. The lowest BCUT2D eigenvalue weighted by Gasteiger charge is -2.13. The van der Waals surface area contributed by atoms with E-state index in [-0.39, 0.29) is 6.42 Å². The molecule has 166 valence electrons. The predicted octanol–water partition coefficient (Wildman–Crippen LogP) is 4.77. The van der Waals surface area contributed by atoms with Crippen molar-refractivity contribution >= 4 is 5.65 Å². The molecule has 0 aliphatic heterocycles. The minimum absolute atomic E-state index is 0.0977. The van der Waals surface area contributed by atoms with Crippen LogP contribution in [0, 0.1) is 11.3 Å². The third kappa shape index (κ3) is 3.61. The molecular weight excluding hydrogens is 436 g/mol. The molecule has 0 unspecified atom stereocenters. The molecule has 0 atom stereocenters. The highest BCUT2D eigenvalue weighted by Gasteiger charge is 2.21. The lowest BCUT2D eigenvalue weighted by molar-refractivity contribution is 0.706. The van der Waals surface area contributed by atoms with Gasteiger partial charge in [-0.3, -0.25) is 0 Å². The van der Waals surface area contributed by atoms with E-state index in [2.05, 4.69) is 26.5 Å². The van der Waals surface area contributed by atoms with Crippen LogP contribution in [0.25, 0.3) is 45.4 Å². The summed E-state index contributed by atoms with van der Waals surface area (Å²) in [4.78, 5) is 5.01. The first kappa shape index (κ1) is 20.4. The fourth-order valence-electron chi connectivity index (χ4n) is 4.11. The van der Waals surface area contributed by atoms with Crippen LogP contribution in [0.2, 0.25) is 0 Å². The van der Waals surface area contributed by atoms with E-state index in [9.17, 15) is 5.26 Å². The lowest BCUT2D eigenvalue weighted by atomic mass is 10.0. The first-order chi connectivity index (χ1) is 17.3. The molecule has 0 bridgehead atoms. The molecule has 3 heterocycles. The second-order valence-corrected chi connectivity index (χ2v) is 7.87. The van der Waals surface area contributed by atoms with Gasteiger partial charge in [0.1, 0.15) is 11.4 Å². The van der Waals surface area contributed by atoms with Crippen molar-refractivity contribution in [2.75, 3.05) is 0 Å². The number of rotatable bonds is 5. The van der Waals surface area contributed by atoms with Crippen LogP contribution in [0.5, 0.6) is 0 Å². The molecule has 0 saturated heterocycles. The molecule has 0 radical (unpaired) electrons. The van der Waals surface area contributed by atoms with Crippen LogP contribution in [0.15, 0.2) is 97.1 Å². The Morgan fingerprint density at radius 2 is 1.26 bits per heavy atom. The van der Waals surface area contributed by atoms with Crippen molar-refractivity contribution in [1.29, 1.82) is 5.26 Å². The monoisotopic (exact) mass is 454 g/mol. The number of nitrogens with zero attached hydrogens (tertiary/aromatic N) is 8. The molecule has 0 spiro atoms. The highest BCUT2D eigenvalue weighted by molar-refractivity contribution is 5.78. The minimum Gasteiger partial charge on any atom is -0.210 e. The number of nitriles is 1. The van der Waals surface area contributed by atoms with Crippen molar-refractivity contribution in [2.45, 2.75) is 6.42 Å². The molecule has 3 aromatic heterocycles. The smallest absolute Gasteiger partial charge is 0.210 e. The highest BCUT2D eigenvalue weighted by Crippen LogP contribution is 2.30. The summed E-state index contributed by atoms with van der Waals surface area (Å²) in [5.41, 5.74) is 5.62. The van der Waals surface area contributed by atoms with Gasteiger partial charge in [-0.2, -0.15) is 5.26 Å². The third-order valence-electron chi connectivity index (χ3n) is 5.69. The van der Waals surface area contributed by atoms with Gasteiger partial charge >= 0.3 is 0 Å². The molecule has 0 aliphatic rings. The average Bonchev–Trinajstić information content (AvgIpc) is 3.50. The summed E-state index contributed by atoms with van der Waals surface area (Å²) in [6, 6.07) is 33.8. The number of hydrogen-bond donors (Lipinski definition) is 0. The van der Waals surface area contributed by atoms with E-state index in [1.54, 1.807) is 4.52 Å². The minimum atomic E-state index is 0.0977. The molecule has 0 saturated carbocycles. The van der Waals surface area contributed by atoms with Crippen LogP contribution >= 0.6 is 0 Å². The summed E-state index contributed by atoms with van der Waals surface area (Å²) >= 11 is 0. The third-order valence-corrected chi connectivity index (χ3v) is 5.69. The van der Waals surface area contributed by atoms with Crippen molar-refractivity contribution in [3.05, 3.63) is 103 Å². The van der Waals surface area contributed by atoms with Gasteiger partial charge in [-0.05, 0) is 0 Å². The van der Waals surface area contributed by atoms with E-state index in [0.29, 0.717) is 28.8 Å². The number of hydrogen-bond acceptors (Lipinski definition) is 6. The Bertz CT molecular complexity index is 1660. The molecule has 8 heteroatoms. The van der Waals surface area contributed by atoms with E-state index in [4.69, 9.17) is 4.98 Å². The zero-order valence-electron chi connectivity index (χ0n) is 18.5. The Hall–Kier alpha value is -5.16. The van der Waals surface area contributed by atoms with Gasteiger partial charge in [-0.25, -0.2) is 14.2 Å². The number of benzene rings is 3. The Morgan fingerprint density at radius 3 is 1.89 bits per heavy atom. The lowest BCUT2D eigenvalue weighted by Crippen LogP contribution is -2.13. The average molecular weight is 454 g/mol. The van der Waals surface area contributed by atoms with Gasteiger partial charge < -0.3 is 0 Å². The summed E-state index contributed by atoms with van der Waals surface area (Å²) < 4.78 is 3.60. The number of fused-ring (bicyclic) bond motifs is 1. The normalized spacial score (nSPS) is 10.9. The molecule has 35 heavy (non-hydrogen) atoms. The Balaban J connectivity index is 1.64. The van der Waals surface area contributed by atoms with Gasteiger partial charge in [0.25, 0.3) is 5.95 Å². The van der Waals surface area contributed by atoms with Crippen LogP contribution < -0.4 is 0 Å². The fourth-order valence-corrected chi connectivity index (χ4v) is 4.11. The van der Waals surface area contributed by atoms with E-state index in [0.717, 1.165) is 22.4 Å². The van der Waals surface area contributed by atoms with E-state index in [1.165, 1.54) is 0 Å². The summed E-state index contributed by atoms with van der Waals surface area (Å²) in [7, 11) is 0. The molecular formula is C27H18N8. The van der Waals surface area contributed by atoms with Crippen LogP contribution in [-0.4, -0.2) is 34.6 Å². The van der Waals surface area contributed by atoms with Gasteiger partial charge in [0.15, 0.2) is 11.5 Å². The molecule has 0 fully saturated rings. The summed E-state index contributed by atoms with van der Waals surface area (Å²) in [6.45, 7) is 0. The summed E-state index contributed by atoms with van der Waals surface area (Å²) in [6.07, 6.45) is 0.0977. The molecule has 3 aromatic carbocycles. The van der Waals surface area contributed by atoms with Gasteiger partial charge in [-0.15, -0.1) is 20.4 Å². The van der Waals surface area contributed by atoms with Crippen molar-refractivity contribution in [2.24, 2.45) is 0 Å². The standard InChI is InChI=1S/C27H18N8/c28-17-16-23-30-31-24-18-22(19-10-4-1-5-11-19)34(35(23)24)27-29-25(20-12-6-2-7-13-20)26(32-33-27)21-14-8-3-9-15-21/h1-15,18H,16H2. The van der Waals surface area contributed by atoms with E-state index in [1.807, 2.05) is 102 Å². The van der Waals surface area contributed by atoms with Gasteiger partial charge in [-0.1, -0.05) is 91.0 Å². The summed E-state index contributed by atoms with van der Waals surface area (Å²) in [5, 5.41) is 27.0. The van der Waals surface area contributed by atoms with Gasteiger partial charge in [0.05, 0.1) is 18.2 Å². The first-order valence-corrected chi connectivity index (χ1v) is 11.1. The highest BCUT2D eigenvalue weighted by atomic mass is 15.5. The maximum atomic E-state index is 9.35. The predicted molar refractivity (Wildman–Crippen MR) is 131 cm³/mol. The van der Waals surface area contributed by atoms with E-state index < -0.39 is 0 Å². The van der Waals surface area contributed by atoms with Gasteiger partial charge in [0.2, 0.25) is 0 Å². The van der Waals surface area contributed by atoms with Gasteiger partial charge in [0, 0.05) is 22.8 Å². The molecule has 0 amide bonds. The quantitative estimate of drug-likeness (QED) is 0.372. The van der Waals surface area contributed by atoms with Crippen molar-refractivity contribution in [3.8, 4) is 45.8 Å². The maximum Gasteiger partial charge on any atom is 0.270 e. The SMILES string of the molecule is N#CCc1nnc2cc(-c3ccccc3)n(-c3nnc(-c4ccccc4)c(-c4ccccc4)n3)n12. The summed E-state index contributed by atoms with van der Waals surface area (Å²) in [5.74, 6) is 0.859. The Kier molecular flexibility index (Phi) is 5.05. The first-order valence-electron chi connectivity index (χ1n) is 11.1. The zero-order chi connectivity index (χ0) is 23.6. The molecule has 8 nitrogen and oxygen atoms in total. The van der Waals surface area contributed by atoms with Crippen LogP contribution in [0.3, 0.4) is 0 Å².